The van der Waals surface area contributed by atoms with Gasteiger partial charge in [0.25, 0.3) is 0 Å². The van der Waals surface area contributed by atoms with Crippen molar-refractivity contribution in [3.8, 4) is 5.75 Å². The Bertz CT molecular complexity index is 1490. The Balaban J connectivity index is 0.00000320. The van der Waals surface area contributed by atoms with E-state index < -0.39 is 23.5 Å². The predicted molar refractivity (Wildman–Crippen MR) is 136 cm³/mol. The van der Waals surface area contributed by atoms with E-state index in [-0.39, 0.29) is 34.8 Å². The second-order valence-corrected chi connectivity index (χ2v) is 9.88. The number of carbonyl (C=O) groups is 1. The van der Waals surface area contributed by atoms with Crippen LogP contribution in [0, 0.1) is 17.6 Å². The standard InChI is InChI=1S/C29H23F2NO3S.Na/c1-17(29(33)34)16-36-28-22-5-3-2-4-20(22)15-35-27-11-7-18(12-23(27)28)6-9-21-10-8-19-13-24(30)25(31)14-26(19)32-21;/h2-14,17,28H,15-16H2,1H3,(H,33,34);/q;+1/p-1/b9-6+;/t17-,28?;/m0./s1. The van der Waals surface area contributed by atoms with E-state index in [1.54, 1.807) is 30.8 Å². The van der Waals surface area contributed by atoms with Crippen LogP contribution in [-0.4, -0.2) is 16.7 Å². The van der Waals surface area contributed by atoms with Crippen molar-refractivity contribution in [3.63, 3.8) is 0 Å². The number of fused-ring (bicyclic) bond motifs is 3. The van der Waals surface area contributed by atoms with Crippen LogP contribution in [0.2, 0.25) is 0 Å². The van der Waals surface area contributed by atoms with Gasteiger partial charge in [0.2, 0.25) is 0 Å². The van der Waals surface area contributed by atoms with E-state index in [2.05, 4.69) is 11.1 Å². The van der Waals surface area contributed by atoms with Crippen molar-refractivity contribution < 1.29 is 53.0 Å². The van der Waals surface area contributed by atoms with Gasteiger partial charge in [-0.2, -0.15) is 0 Å². The molecule has 1 unspecified atom stereocenters. The van der Waals surface area contributed by atoms with Crippen molar-refractivity contribution in [1.82, 2.24) is 4.98 Å². The molecule has 0 radical (unpaired) electrons. The van der Waals surface area contributed by atoms with Gasteiger partial charge in [0.05, 0.1) is 16.5 Å². The maximum Gasteiger partial charge on any atom is 1.00 e. The zero-order valence-electron chi connectivity index (χ0n) is 20.4. The maximum atomic E-state index is 13.6. The number of pyridine rings is 1. The van der Waals surface area contributed by atoms with Crippen LogP contribution in [0.15, 0.2) is 66.7 Å². The van der Waals surface area contributed by atoms with Crippen molar-refractivity contribution >= 4 is 40.8 Å². The smallest absolute Gasteiger partial charge is 0.550 e. The fraction of sp³-hybridized carbons (Fsp3) is 0.172. The second kappa shape index (κ2) is 11.8. The molecule has 0 fully saturated rings. The van der Waals surface area contributed by atoms with Gasteiger partial charge in [-0.15, -0.1) is 11.8 Å². The largest absolute Gasteiger partial charge is 1.00 e. The summed E-state index contributed by atoms with van der Waals surface area (Å²) in [7, 11) is 0. The van der Waals surface area contributed by atoms with Gasteiger partial charge in [-0.25, -0.2) is 13.8 Å². The molecule has 0 amide bonds. The van der Waals surface area contributed by atoms with E-state index in [0.717, 1.165) is 40.1 Å². The summed E-state index contributed by atoms with van der Waals surface area (Å²) < 4.78 is 33.2. The number of carboxylic acid groups (broad SMARTS) is 1. The number of ether oxygens (including phenoxy) is 1. The van der Waals surface area contributed by atoms with Crippen LogP contribution in [0.25, 0.3) is 23.1 Å². The number of thioether (sulfide) groups is 1. The number of rotatable bonds is 6. The summed E-state index contributed by atoms with van der Waals surface area (Å²) in [5.74, 6) is -2.33. The molecule has 4 nitrogen and oxygen atoms in total. The minimum atomic E-state index is -1.07. The normalized spacial score (nSPS) is 15.3. The predicted octanol–water partition coefficient (Wildman–Crippen LogP) is 2.79. The van der Waals surface area contributed by atoms with Gasteiger partial charge in [-0.1, -0.05) is 49.4 Å². The average Bonchev–Trinajstić information content (AvgIpc) is 3.03. The third kappa shape index (κ3) is 6.07. The summed E-state index contributed by atoms with van der Waals surface area (Å²) in [4.78, 5) is 15.7. The van der Waals surface area contributed by atoms with Gasteiger partial charge < -0.3 is 14.6 Å². The Morgan fingerprint density at radius 3 is 2.68 bits per heavy atom. The van der Waals surface area contributed by atoms with Crippen LogP contribution in [-0.2, 0) is 11.4 Å². The number of benzene rings is 3. The minimum Gasteiger partial charge on any atom is -0.550 e. The molecule has 0 aliphatic carbocycles. The summed E-state index contributed by atoms with van der Waals surface area (Å²) in [5, 5.41) is 11.7. The van der Waals surface area contributed by atoms with Crippen molar-refractivity contribution in [1.29, 1.82) is 0 Å². The molecule has 5 rings (SSSR count). The Morgan fingerprint density at radius 1 is 1.08 bits per heavy atom. The van der Waals surface area contributed by atoms with E-state index in [9.17, 15) is 18.7 Å². The Labute approximate surface area is 240 Å². The molecule has 2 atom stereocenters. The van der Waals surface area contributed by atoms with Crippen LogP contribution in [0.5, 0.6) is 5.75 Å². The Hall–Kier alpha value is -2.71. The molecule has 0 saturated heterocycles. The van der Waals surface area contributed by atoms with Gasteiger partial charge in [0.1, 0.15) is 12.4 Å². The molecule has 37 heavy (non-hydrogen) atoms. The quantitative estimate of drug-likeness (QED) is 0.363. The van der Waals surface area contributed by atoms with Crippen LogP contribution in [0.4, 0.5) is 8.78 Å². The van der Waals surface area contributed by atoms with Crippen molar-refractivity contribution in [3.05, 3.63) is 106 Å². The van der Waals surface area contributed by atoms with E-state index in [4.69, 9.17) is 4.74 Å². The SMILES string of the molecule is C[C@@H](CSC1c2ccccc2COc2ccc(/C=C/c3ccc4cc(F)c(F)cc4n3)cc21)C(=O)[O-].[Na+]. The first kappa shape index (κ1) is 27.3. The first-order valence-corrected chi connectivity index (χ1v) is 12.5. The Morgan fingerprint density at radius 2 is 1.86 bits per heavy atom. The molecule has 3 aromatic carbocycles. The maximum absolute atomic E-state index is 13.6. The molecule has 0 saturated carbocycles. The average molecular weight is 526 g/mol. The van der Waals surface area contributed by atoms with Crippen LogP contribution in [0.3, 0.4) is 0 Å². The third-order valence-electron chi connectivity index (χ3n) is 6.15. The van der Waals surface area contributed by atoms with Crippen molar-refractivity contribution in [2.75, 3.05) is 5.75 Å². The monoisotopic (exact) mass is 525 g/mol. The number of aliphatic carboxylic acids is 1. The number of aromatic nitrogens is 1. The summed E-state index contributed by atoms with van der Waals surface area (Å²) >= 11 is 1.56. The van der Waals surface area contributed by atoms with E-state index >= 15 is 0 Å². The van der Waals surface area contributed by atoms with Crippen LogP contribution < -0.4 is 39.4 Å². The van der Waals surface area contributed by atoms with E-state index in [0.29, 0.717) is 29.0 Å². The van der Waals surface area contributed by atoms with Crippen LogP contribution in [0.1, 0.15) is 40.1 Å². The summed E-state index contributed by atoms with van der Waals surface area (Å²) in [6, 6.07) is 19.6. The molecular formula is C29H22F2NNaO3S. The topological polar surface area (TPSA) is 62.2 Å². The Kier molecular flexibility index (Phi) is 8.70. The van der Waals surface area contributed by atoms with Gasteiger partial charge in [-0.05, 0) is 47.0 Å². The van der Waals surface area contributed by atoms with Gasteiger partial charge in [-0.3, -0.25) is 0 Å². The molecule has 1 aromatic heterocycles. The fourth-order valence-corrected chi connectivity index (χ4v) is 5.54. The van der Waals surface area contributed by atoms with Gasteiger partial charge in [0, 0.05) is 34.7 Å². The fourth-order valence-electron chi connectivity index (χ4n) is 4.15. The molecule has 0 N–H and O–H groups in total. The van der Waals surface area contributed by atoms with Gasteiger partial charge in [0.15, 0.2) is 11.6 Å². The number of hydrogen-bond donors (Lipinski definition) is 0. The molecular weight excluding hydrogens is 503 g/mol. The van der Waals surface area contributed by atoms with Gasteiger partial charge >= 0.3 is 29.6 Å². The van der Waals surface area contributed by atoms with Crippen molar-refractivity contribution in [2.24, 2.45) is 5.92 Å². The molecule has 0 spiro atoms. The zero-order chi connectivity index (χ0) is 25.2. The molecule has 182 valence electrons. The molecule has 8 heteroatoms. The number of halogens is 2. The van der Waals surface area contributed by atoms with Crippen LogP contribution >= 0.6 is 11.8 Å². The summed E-state index contributed by atoms with van der Waals surface area (Å²) in [5.41, 5.74) is 5.01. The number of carboxylic acids is 1. The third-order valence-corrected chi connectivity index (χ3v) is 7.69. The van der Waals surface area contributed by atoms with E-state index in [1.165, 1.54) is 0 Å². The molecule has 0 bridgehead atoms. The molecule has 1 aliphatic rings. The number of carbonyl (C=O) groups excluding carboxylic acids is 1. The second-order valence-electron chi connectivity index (χ2n) is 8.75. The minimum absolute atomic E-state index is 0. The molecule has 2 heterocycles. The summed E-state index contributed by atoms with van der Waals surface area (Å²) in [6.07, 6.45) is 3.71. The summed E-state index contributed by atoms with van der Waals surface area (Å²) in [6.45, 7) is 2.09. The number of hydrogen-bond acceptors (Lipinski definition) is 5. The zero-order valence-corrected chi connectivity index (χ0v) is 23.2. The van der Waals surface area contributed by atoms with E-state index in [1.807, 2.05) is 48.6 Å². The number of nitrogens with zero attached hydrogens (tertiary/aromatic N) is 1. The first-order valence-electron chi connectivity index (χ1n) is 11.5. The van der Waals surface area contributed by atoms with Crippen molar-refractivity contribution in [2.45, 2.75) is 18.8 Å². The molecule has 1 aliphatic heterocycles. The first-order chi connectivity index (χ1) is 17.4. The molecule has 4 aromatic rings.